The first-order chi connectivity index (χ1) is 7.22. The fourth-order valence-electron chi connectivity index (χ4n) is 1.13. The van der Waals surface area contributed by atoms with Crippen molar-refractivity contribution in [3.63, 3.8) is 0 Å². The maximum atomic E-state index is 9.45. The fraction of sp³-hybridized carbons (Fsp3) is 0.455. The lowest BCUT2D eigenvalue weighted by Gasteiger charge is -2.11. The molecular formula is C11H15BrO3. The Hall–Kier alpha value is -0.580. The van der Waals surface area contributed by atoms with Crippen LogP contribution >= 0.6 is 15.9 Å². The molecule has 0 amide bonds. The van der Waals surface area contributed by atoms with Crippen LogP contribution < -0.4 is 4.74 Å². The van der Waals surface area contributed by atoms with Crippen LogP contribution in [0.2, 0.25) is 0 Å². The standard InChI is InChI=1S/C11H15BrO3/c12-9-3-5-11(6-4-9)15-8-10(14)2-1-7-13/h3-6,10,13-14H,1-2,7-8H2. The zero-order chi connectivity index (χ0) is 11.1. The van der Waals surface area contributed by atoms with Crippen LogP contribution in [-0.2, 0) is 0 Å². The lowest BCUT2D eigenvalue weighted by Crippen LogP contribution is -2.17. The second kappa shape index (κ2) is 6.82. The predicted molar refractivity (Wildman–Crippen MR) is 62.0 cm³/mol. The minimum atomic E-state index is -0.513. The molecule has 2 N–H and O–H groups in total. The van der Waals surface area contributed by atoms with Gasteiger partial charge < -0.3 is 14.9 Å². The van der Waals surface area contributed by atoms with Gasteiger partial charge in [0, 0.05) is 11.1 Å². The molecule has 0 aromatic heterocycles. The molecule has 0 spiro atoms. The molecule has 0 heterocycles. The number of benzene rings is 1. The highest BCUT2D eigenvalue weighted by molar-refractivity contribution is 9.10. The summed E-state index contributed by atoms with van der Waals surface area (Å²) in [6.45, 7) is 0.372. The van der Waals surface area contributed by atoms with E-state index >= 15 is 0 Å². The van der Waals surface area contributed by atoms with Gasteiger partial charge in [-0.1, -0.05) is 15.9 Å². The van der Waals surface area contributed by atoms with Crippen molar-refractivity contribution in [3.8, 4) is 5.75 Å². The molecule has 0 saturated heterocycles. The molecule has 15 heavy (non-hydrogen) atoms. The van der Waals surface area contributed by atoms with Crippen LogP contribution in [-0.4, -0.2) is 29.5 Å². The van der Waals surface area contributed by atoms with Gasteiger partial charge in [-0.25, -0.2) is 0 Å². The van der Waals surface area contributed by atoms with E-state index < -0.39 is 6.10 Å². The van der Waals surface area contributed by atoms with E-state index in [1.807, 2.05) is 24.3 Å². The average molecular weight is 275 g/mol. The lowest BCUT2D eigenvalue weighted by molar-refractivity contribution is 0.0925. The summed E-state index contributed by atoms with van der Waals surface area (Å²) in [6, 6.07) is 7.44. The molecular weight excluding hydrogens is 260 g/mol. The topological polar surface area (TPSA) is 49.7 Å². The van der Waals surface area contributed by atoms with Crippen molar-refractivity contribution in [3.05, 3.63) is 28.7 Å². The Morgan fingerprint density at radius 2 is 1.93 bits per heavy atom. The number of aliphatic hydroxyl groups is 2. The van der Waals surface area contributed by atoms with E-state index in [1.165, 1.54) is 0 Å². The van der Waals surface area contributed by atoms with Gasteiger partial charge in [0.2, 0.25) is 0 Å². The SMILES string of the molecule is OCCCC(O)COc1ccc(Br)cc1. The van der Waals surface area contributed by atoms with Gasteiger partial charge in [0.25, 0.3) is 0 Å². The second-order valence-electron chi connectivity index (χ2n) is 3.28. The van der Waals surface area contributed by atoms with Gasteiger partial charge in [0.15, 0.2) is 0 Å². The molecule has 84 valence electrons. The predicted octanol–water partition coefficient (Wildman–Crippen LogP) is 1.96. The molecule has 1 atom stereocenters. The summed E-state index contributed by atoms with van der Waals surface area (Å²) in [5, 5.41) is 18.0. The van der Waals surface area contributed by atoms with Crippen LogP contribution in [0, 0.1) is 0 Å². The van der Waals surface area contributed by atoms with Crippen molar-refractivity contribution >= 4 is 15.9 Å². The minimum Gasteiger partial charge on any atom is -0.491 e. The van der Waals surface area contributed by atoms with Crippen LogP contribution in [0.4, 0.5) is 0 Å². The maximum Gasteiger partial charge on any atom is 0.119 e. The normalized spacial score (nSPS) is 12.5. The quantitative estimate of drug-likeness (QED) is 0.834. The molecule has 1 aromatic rings. The van der Waals surface area contributed by atoms with Gasteiger partial charge in [-0.05, 0) is 37.1 Å². The molecule has 1 unspecified atom stereocenters. The Labute approximate surface area is 97.8 Å². The number of rotatable bonds is 6. The molecule has 0 aliphatic rings. The van der Waals surface area contributed by atoms with E-state index in [9.17, 15) is 5.11 Å². The summed E-state index contributed by atoms with van der Waals surface area (Å²) < 4.78 is 6.36. The number of halogens is 1. The van der Waals surface area contributed by atoms with E-state index in [0.717, 1.165) is 10.2 Å². The van der Waals surface area contributed by atoms with Crippen LogP contribution in [0.5, 0.6) is 5.75 Å². The third kappa shape index (κ3) is 5.16. The summed E-state index contributed by atoms with van der Waals surface area (Å²) in [7, 11) is 0. The van der Waals surface area contributed by atoms with Crippen molar-refractivity contribution in [2.24, 2.45) is 0 Å². The van der Waals surface area contributed by atoms with E-state index in [-0.39, 0.29) is 13.2 Å². The molecule has 3 nitrogen and oxygen atoms in total. The molecule has 0 aliphatic heterocycles. The molecule has 0 bridgehead atoms. The molecule has 0 radical (unpaired) electrons. The number of hydrogen-bond donors (Lipinski definition) is 2. The van der Waals surface area contributed by atoms with Gasteiger partial charge in [-0.2, -0.15) is 0 Å². The van der Waals surface area contributed by atoms with Crippen molar-refractivity contribution in [2.75, 3.05) is 13.2 Å². The molecule has 0 saturated carbocycles. The smallest absolute Gasteiger partial charge is 0.119 e. The Morgan fingerprint density at radius 3 is 2.53 bits per heavy atom. The summed E-state index contributed by atoms with van der Waals surface area (Å²) in [6.07, 6.45) is 0.651. The van der Waals surface area contributed by atoms with E-state index in [2.05, 4.69) is 15.9 Å². The van der Waals surface area contributed by atoms with Gasteiger partial charge in [0.05, 0.1) is 6.10 Å². The Morgan fingerprint density at radius 1 is 1.27 bits per heavy atom. The first kappa shape index (κ1) is 12.5. The monoisotopic (exact) mass is 274 g/mol. The van der Waals surface area contributed by atoms with Gasteiger partial charge in [-0.3, -0.25) is 0 Å². The molecule has 1 rings (SSSR count). The van der Waals surface area contributed by atoms with Crippen LogP contribution in [0.3, 0.4) is 0 Å². The highest BCUT2D eigenvalue weighted by Gasteiger charge is 2.04. The van der Waals surface area contributed by atoms with E-state index in [0.29, 0.717) is 12.8 Å². The van der Waals surface area contributed by atoms with Crippen molar-refractivity contribution < 1.29 is 14.9 Å². The number of hydrogen-bond acceptors (Lipinski definition) is 3. The Bertz CT molecular complexity index is 274. The lowest BCUT2D eigenvalue weighted by atomic mass is 10.2. The van der Waals surface area contributed by atoms with E-state index in [1.54, 1.807) is 0 Å². The summed E-state index contributed by atoms with van der Waals surface area (Å²) >= 11 is 3.33. The van der Waals surface area contributed by atoms with Gasteiger partial charge in [-0.15, -0.1) is 0 Å². The summed E-state index contributed by atoms with van der Waals surface area (Å²) in [5.41, 5.74) is 0. The van der Waals surface area contributed by atoms with Crippen molar-refractivity contribution in [1.82, 2.24) is 0 Å². The first-order valence-corrected chi connectivity index (χ1v) is 5.69. The second-order valence-corrected chi connectivity index (χ2v) is 4.20. The zero-order valence-corrected chi connectivity index (χ0v) is 9.98. The van der Waals surface area contributed by atoms with Crippen molar-refractivity contribution in [1.29, 1.82) is 0 Å². The third-order valence-corrected chi connectivity index (χ3v) is 2.48. The fourth-order valence-corrected chi connectivity index (χ4v) is 1.40. The average Bonchev–Trinajstić information content (AvgIpc) is 2.25. The minimum absolute atomic E-state index is 0.106. The molecule has 4 heteroatoms. The highest BCUT2D eigenvalue weighted by Crippen LogP contribution is 2.16. The molecule has 1 aromatic carbocycles. The number of ether oxygens (including phenoxy) is 1. The summed E-state index contributed by atoms with van der Waals surface area (Å²) in [5.74, 6) is 0.737. The zero-order valence-electron chi connectivity index (χ0n) is 8.40. The molecule has 0 aliphatic carbocycles. The third-order valence-electron chi connectivity index (χ3n) is 1.95. The van der Waals surface area contributed by atoms with Gasteiger partial charge >= 0.3 is 0 Å². The summed E-state index contributed by atoms with van der Waals surface area (Å²) in [4.78, 5) is 0. The first-order valence-electron chi connectivity index (χ1n) is 4.89. The number of aliphatic hydroxyl groups excluding tert-OH is 2. The Kier molecular flexibility index (Phi) is 5.68. The van der Waals surface area contributed by atoms with Gasteiger partial charge in [0.1, 0.15) is 12.4 Å². The maximum absolute atomic E-state index is 9.45. The van der Waals surface area contributed by atoms with Crippen LogP contribution in [0.1, 0.15) is 12.8 Å². The largest absolute Gasteiger partial charge is 0.491 e. The van der Waals surface area contributed by atoms with Crippen molar-refractivity contribution in [2.45, 2.75) is 18.9 Å². The highest BCUT2D eigenvalue weighted by atomic mass is 79.9. The molecule has 0 fully saturated rings. The van der Waals surface area contributed by atoms with Crippen LogP contribution in [0.25, 0.3) is 0 Å². The van der Waals surface area contributed by atoms with E-state index in [4.69, 9.17) is 9.84 Å². The Balaban J connectivity index is 2.27. The van der Waals surface area contributed by atoms with Crippen LogP contribution in [0.15, 0.2) is 28.7 Å².